The van der Waals surface area contributed by atoms with Gasteiger partial charge in [-0.05, 0) is 61.5 Å². The standard InChI is InChI=1S/C23H23N5O2S/c24-15-16-5-7-18(8-6-16)27-12-9-17(10-13-27)25-21(29)11-14-28-22(30)19-3-1-2-4-20(19)26-23(28)31/h1-8,17H,9-14H2,(H,25,29)(H,26,31). The van der Waals surface area contributed by atoms with Gasteiger partial charge in [0.1, 0.15) is 0 Å². The van der Waals surface area contributed by atoms with Gasteiger partial charge in [-0.2, -0.15) is 5.26 Å². The van der Waals surface area contributed by atoms with Gasteiger partial charge < -0.3 is 15.2 Å². The van der Waals surface area contributed by atoms with Crippen LogP contribution in [0.4, 0.5) is 5.69 Å². The van der Waals surface area contributed by atoms with Crippen LogP contribution in [-0.2, 0) is 11.3 Å². The van der Waals surface area contributed by atoms with Gasteiger partial charge in [-0.3, -0.25) is 14.2 Å². The number of benzene rings is 2. The van der Waals surface area contributed by atoms with E-state index in [1.54, 1.807) is 6.07 Å². The van der Waals surface area contributed by atoms with Crippen molar-refractivity contribution < 1.29 is 4.79 Å². The number of anilines is 1. The third-order valence-corrected chi connectivity index (χ3v) is 6.00. The predicted octanol–water partition coefficient (Wildman–Crippen LogP) is 3.11. The van der Waals surface area contributed by atoms with Gasteiger partial charge in [-0.1, -0.05) is 12.1 Å². The summed E-state index contributed by atoms with van der Waals surface area (Å²) in [4.78, 5) is 30.5. The Morgan fingerprint density at radius 2 is 1.87 bits per heavy atom. The number of nitrogens with one attached hydrogen (secondary N) is 2. The van der Waals surface area contributed by atoms with E-state index in [1.807, 2.05) is 42.5 Å². The number of carbonyl (C=O) groups excluding carboxylic acids is 1. The van der Waals surface area contributed by atoms with Crippen LogP contribution < -0.4 is 15.8 Å². The molecule has 7 nitrogen and oxygen atoms in total. The number of para-hydroxylation sites is 1. The van der Waals surface area contributed by atoms with E-state index < -0.39 is 0 Å². The molecule has 0 saturated carbocycles. The summed E-state index contributed by atoms with van der Waals surface area (Å²) in [7, 11) is 0. The number of amides is 1. The molecule has 0 unspecified atom stereocenters. The fraction of sp³-hybridized carbons (Fsp3) is 0.304. The zero-order valence-electron chi connectivity index (χ0n) is 17.0. The summed E-state index contributed by atoms with van der Waals surface area (Å²) < 4.78 is 1.78. The number of piperidine rings is 1. The zero-order valence-corrected chi connectivity index (χ0v) is 17.8. The molecule has 2 aromatic carbocycles. The SMILES string of the molecule is N#Cc1ccc(N2CCC(NC(=O)CCn3c(=S)[nH]c4ccccc4c3=O)CC2)cc1. The minimum atomic E-state index is -0.178. The first-order valence-corrected chi connectivity index (χ1v) is 10.7. The molecule has 31 heavy (non-hydrogen) atoms. The summed E-state index contributed by atoms with van der Waals surface area (Å²) in [5.41, 5.74) is 2.26. The maximum atomic E-state index is 12.7. The molecule has 8 heteroatoms. The normalized spacial score (nSPS) is 14.4. The van der Waals surface area contributed by atoms with E-state index >= 15 is 0 Å². The van der Waals surface area contributed by atoms with Gasteiger partial charge >= 0.3 is 0 Å². The van der Waals surface area contributed by atoms with Crippen LogP contribution in [-0.4, -0.2) is 34.6 Å². The minimum Gasteiger partial charge on any atom is -0.371 e. The van der Waals surface area contributed by atoms with Crippen LogP contribution in [0.1, 0.15) is 24.8 Å². The second kappa shape index (κ2) is 9.14. The summed E-state index contributed by atoms with van der Waals surface area (Å²) in [6, 6.07) is 17.0. The van der Waals surface area contributed by atoms with Crippen LogP contribution in [0, 0.1) is 16.1 Å². The molecule has 2 heterocycles. The van der Waals surface area contributed by atoms with E-state index in [0.717, 1.165) is 31.6 Å². The Labute approximate surface area is 184 Å². The van der Waals surface area contributed by atoms with Gasteiger partial charge in [0.25, 0.3) is 5.56 Å². The highest BCUT2D eigenvalue weighted by atomic mass is 32.1. The number of H-pyrrole nitrogens is 1. The van der Waals surface area contributed by atoms with Crippen LogP contribution in [0.5, 0.6) is 0 Å². The molecule has 0 radical (unpaired) electrons. The van der Waals surface area contributed by atoms with Crippen LogP contribution in [0.25, 0.3) is 10.9 Å². The van der Waals surface area contributed by atoms with Crippen molar-refractivity contribution in [3.8, 4) is 6.07 Å². The Balaban J connectivity index is 1.31. The van der Waals surface area contributed by atoms with Crippen molar-refractivity contribution in [2.75, 3.05) is 18.0 Å². The number of aromatic amines is 1. The largest absolute Gasteiger partial charge is 0.371 e. The molecule has 2 N–H and O–H groups in total. The summed E-state index contributed by atoms with van der Waals surface area (Å²) in [6.45, 7) is 1.92. The van der Waals surface area contributed by atoms with Crippen LogP contribution in [0.3, 0.4) is 0 Å². The van der Waals surface area contributed by atoms with Gasteiger partial charge in [0.2, 0.25) is 5.91 Å². The molecule has 0 atom stereocenters. The first-order valence-electron chi connectivity index (χ1n) is 10.3. The molecule has 4 rings (SSSR count). The third kappa shape index (κ3) is 4.67. The highest BCUT2D eigenvalue weighted by Crippen LogP contribution is 2.20. The molecule has 1 aliphatic heterocycles. The number of rotatable bonds is 5. The van der Waals surface area contributed by atoms with Gasteiger partial charge in [0.15, 0.2) is 4.77 Å². The average Bonchev–Trinajstić information content (AvgIpc) is 2.79. The first kappa shape index (κ1) is 20.8. The lowest BCUT2D eigenvalue weighted by atomic mass is 10.0. The quantitative estimate of drug-likeness (QED) is 0.603. The summed E-state index contributed by atoms with van der Waals surface area (Å²) >= 11 is 5.31. The Bertz CT molecular complexity index is 1250. The first-order chi connectivity index (χ1) is 15.0. The maximum Gasteiger partial charge on any atom is 0.262 e. The Hall–Kier alpha value is -3.44. The molecular formula is C23H23N5O2S. The fourth-order valence-corrected chi connectivity index (χ4v) is 4.23. The fourth-order valence-electron chi connectivity index (χ4n) is 3.94. The lowest BCUT2D eigenvalue weighted by molar-refractivity contribution is -0.122. The number of fused-ring (bicyclic) bond motifs is 1. The van der Waals surface area contributed by atoms with E-state index in [2.05, 4.69) is 21.3 Å². The van der Waals surface area contributed by atoms with E-state index in [0.29, 0.717) is 21.2 Å². The van der Waals surface area contributed by atoms with E-state index in [-0.39, 0.29) is 30.5 Å². The second-order valence-electron chi connectivity index (χ2n) is 7.67. The Morgan fingerprint density at radius 1 is 1.16 bits per heavy atom. The molecule has 0 spiro atoms. The molecular weight excluding hydrogens is 410 g/mol. The molecule has 0 aliphatic carbocycles. The highest BCUT2D eigenvalue weighted by Gasteiger charge is 2.21. The molecule has 158 valence electrons. The average molecular weight is 434 g/mol. The summed E-state index contributed by atoms with van der Waals surface area (Å²) in [6.07, 6.45) is 1.90. The second-order valence-corrected chi connectivity index (χ2v) is 8.06. The van der Waals surface area contributed by atoms with Crippen molar-refractivity contribution >= 4 is 34.7 Å². The number of nitrogens with zero attached hydrogens (tertiary/aromatic N) is 3. The molecule has 0 bridgehead atoms. The number of hydrogen-bond acceptors (Lipinski definition) is 5. The van der Waals surface area contributed by atoms with Gasteiger partial charge in [-0.25, -0.2) is 0 Å². The lowest BCUT2D eigenvalue weighted by Crippen LogP contribution is -2.45. The molecule has 1 saturated heterocycles. The minimum absolute atomic E-state index is 0.0775. The maximum absolute atomic E-state index is 12.7. The van der Waals surface area contributed by atoms with Crippen molar-refractivity contribution in [2.24, 2.45) is 0 Å². The Kier molecular flexibility index (Phi) is 6.14. The summed E-state index contributed by atoms with van der Waals surface area (Å²) in [5.74, 6) is -0.0775. The van der Waals surface area contributed by atoms with E-state index in [9.17, 15) is 9.59 Å². The number of aromatic nitrogens is 2. The zero-order chi connectivity index (χ0) is 21.8. The van der Waals surface area contributed by atoms with Crippen molar-refractivity contribution in [2.45, 2.75) is 31.8 Å². The van der Waals surface area contributed by atoms with Crippen LogP contribution in [0.2, 0.25) is 0 Å². The molecule has 1 aromatic heterocycles. The van der Waals surface area contributed by atoms with E-state index in [1.165, 1.54) is 4.57 Å². The van der Waals surface area contributed by atoms with Crippen molar-refractivity contribution in [3.63, 3.8) is 0 Å². The molecule has 1 aliphatic rings. The van der Waals surface area contributed by atoms with Gasteiger partial charge in [0.05, 0.1) is 22.5 Å². The molecule has 1 amide bonds. The van der Waals surface area contributed by atoms with Gasteiger partial charge in [-0.15, -0.1) is 0 Å². The molecule has 3 aromatic rings. The van der Waals surface area contributed by atoms with Crippen molar-refractivity contribution in [1.82, 2.24) is 14.9 Å². The monoisotopic (exact) mass is 433 g/mol. The number of carbonyl (C=O) groups is 1. The third-order valence-electron chi connectivity index (χ3n) is 5.67. The molecule has 1 fully saturated rings. The summed E-state index contributed by atoms with van der Waals surface area (Å²) in [5, 5.41) is 12.6. The number of hydrogen-bond donors (Lipinski definition) is 2. The van der Waals surface area contributed by atoms with Gasteiger partial charge in [0, 0.05) is 37.8 Å². The topological polar surface area (TPSA) is 93.9 Å². The predicted molar refractivity (Wildman–Crippen MR) is 123 cm³/mol. The lowest BCUT2D eigenvalue weighted by Gasteiger charge is -2.34. The van der Waals surface area contributed by atoms with E-state index in [4.69, 9.17) is 17.5 Å². The van der Waals surface area contributed by atoms with Crippen LogP contribution >= 0.6 is 12.2 Å². The highest BCUT2D eigenvalue weighted by molar-refractivity contribution is 7.71. The van der Waals surface area contributed by atoms with Crippen LogP contribution in [0.15, 0.2) is 53.3 Å². The van der Waals surface area contributed by atoms with Crippen molar-refractivity contribution in [3.05, 3.63) is 69.2 Å². The smallest absolute Gasteiger partial charge is 0.262 e. The van der Waals surface area contributed by atoms with Crippen molar-refractivity contribution in [1.29, 1.82) is 5.26 Å². The Morgan fingerprint density at radius 3 is 2.58 bits per heavy atom. The number of nitriles is 1.